The maximum absolute atomic E-state index is 5.62. The van der Waals surface area contributed by atoms with Gasteiger partial charge >= 0.3 is 0 Å². The van der Waals surface area contributed by atoms with Crippen LogP contribution in [0.25, 0.3) is 11.3 Å². The molecule has 0 fully saturated rings. The number of benzene rings is 1. The first-order valence-electron chi connectivity index (χ1n) is 6.07. The first-order chi connectivity index (χ1) is 8.74. The lowest BCUT2D eigenvalue weighted by molar-refractivity contribution is 0.323. The summed E-state index contributed by atoms with van der Waals surface area (Å²) in [6.45, 7) is 6.94. The predicted octanol–water partition coefficient (Wildman–Crippen LogP) is 3.45. The molecule has 0 bridgehead atoms. The van der Waals surface area contributed by atoms with Crippen LogP contribution in [-0.4, -0.2) is 18.2 Å². The minimum absolute atomic E-state index is 0.593. The summed E-state index contributed by atoms with van der Waals surface area (Å²) >= 11 is 0. The van der Waals surface area contributed by atoms with Gasteiger partial charge in [0.2, 0.25) is 0 Å². The number of aryl methyl sites for hydroxylation is 1. The van der Waals surface area contributed by atoms with Gasteiger partial charge in [0.1, 0.15) is 11.5 Å². The van der Waals surface area contributed by atoms with Gasteiger partial charge in [-0.15, -0.1) is 0 Å². The Kier molecular flexibility index (Phi) is 3.87. The molecule has 0 aliphatic rings. The third-order valence-corrected chi connectivity index (χ3v) is 2.45. The van der Waals surface area contributed by atoms with Gasteiger partial charge in [-0.05, 0) is 26.0 Å². The van der Waals surface area contributed by atoms with Crippen LogP contribution >= 0.6 is 0 Å². The van der Waals surface area contributed by atoms with E-state index in [9.17, 15) is 0 Å². The monoisotopic (exact) mass is 247 g/mol. The van der Waals surface area contributed by atoms with E-state index in [1.54, 1.807) is 6.20 Å². The quantitative estimate of drug-likeness (QED) is 0.811. The summed E-state index contributed by atoms with van der Waals surface area (Å²) in [7, 11) is 0. The van der Waals surface area contributed by atoms with Crippen molar-refractivity contribution in [1.82, 2.24) is 4.98 Å². The molecular weight excluding hydrogens is 230 g/mol. The first-order valence-corrected chi connectivity index (χ1v) is 6.07. The van der Waals surface area contributed by atoms with Crippen LogP contribution in [0.3, 0.4) is 0 Å². The topological polar surface area (TPSA) is 44.5 Å². The molecule has 0 spiro atoms. The van der Waals surface area contributed by atoms with Crippen molar-refractivity contribution in [3.05, 3.63) is 30.3 Å². The van der Waals surface area contributed by atoms with Gasteiger partial charge in [0.05, 0.1) is 25.0 Å². The fraction of sp³-hybridized carbons (Fsp3) is 0.357. The summed E-state index contributed by atoms with van der Waals surface area (Å²) in [6.07, 6.45) is 1.70. The van der Waals surface area contributed by atoms with E-state index in [2.05, 4.69) is 4.98 Å². The zero-order valence-electron chi connectivity index (χ0n) is 10.9. The molecule has 0 saturated carbocycles. The number of oxazole rings is 1. The Morgan fingerprint density at radius 1 is 1.17 bits per heavy atom. The number of nitrogens with zero attached hydrogens (tertiary/aromatic N) is 1. The zero-order valence-corrected chi connectivity index (χ0v) is 10.9. The molecule has 0 amide bonds. The largest absolute Gasteiger partial charge is 0.494 e. The highest BCUT2D eigenvalue weighted by Crippen LogP contribution is 2.33. The molecule has 0 unspecified atom stereocenters. The van der Waals surface area contributed by atoms with Crippen LogP contribution in [0.4, 0.5) is 0 Å². The lowest BCUT2D eigenvalue weighted by Crippen LogP contribution is -1.96. The molecule has 0 N–H and O–H groups in total. The fourth-order valence-corrected chi connectivity index (χ4v) is 1.72. The average Bonchev–Trinajstić information content (AvgIpc) is 2.77. The van der Waals surface area contributed by atoms with Crippen molar-refractivity contribution in [2.75, 3.05) is 13.2 Å². The molecule has 2 aromatic rings. The van der Waals surface area contributed by atoms with Gasteiger partial charge < -0.3 is 13.9 Å². The van der Waals surface area contributed by atoms with Crippen LogP contribution < -0.4 is 9.47 Å². The predicted molar refractivity (Wildman–Crippen MR) is 69.0 cm³/mol. The number of hydrogen-bond acceptors (Lipinski definition) is 4. The number of aromatic nitrogens is 1. The first kappa shape index (κ1) is 12.5. The molecule has 4 nitrogen and oxygen atoms in total. The van der Waals surface area contributed by atoms with Crippen molar-refractivity contribution in [1.29, 1.82) is 0 Å². The maximum Gasteiger partial charge on any atom is 0.191 e. The van der Waals surface area contributed by atoms with Crippen molar-refractivity contribution in [2.45, 2.75) is 20.8 Å². The van der Waals surface area contributed by atoms with E-state index in [4.69, 9.17) is 13.9 Å². The van der Waals surface area contributed by atoms with E-state index >= 15 is 0 Å². The standard InChI is InChI=1S/C14H17NO3/c1-4-16-11-6-7-12(13(8-11)17-5-2)14-9-15-10(3)18-14/h6-9H,4-5H2,1-3H3. The van der Waals surface area contributed by atoms with Gasteiger partial charge in [-0.2, -0.15) is 0 Å². The van der Waals surface area contributed by atoms with Gasteiger partial charge in [-0.25, -0.2) is 4.98 Å². The number of hydrogen-bond donors (Lipinski definition) is 0. The Balaban J connectivity index is 2.39. The van der Waals surface area contributed by atoms with E-state index < -0.39 is 0 Å². The molecule has 0 aliphatic carbocycles. The fourth-order valence-electron chi connectivity index (χ4n) is 1.72. The minimum atomic E-state index is 0.593. The molecular formula is C14H17NO3. The summed E-state index contributed by atoms with van der Waals surface area (Å²) < 4.78 is 16.6. The van der Waals surface area contributed by atoms with Gasteiger partial charge in [0, 0.05) is 13.0 Å². The lowest BCUT2D eigenvalue weighted by Gasteiger charge is -2.10. The highest BCUT2D eigenvalue weighted by molar-refractivity contribution is 5.66. The zero-order chi connectivity index (χ0) is 13.0. The Labute approximate surface area is 107 Å². The second kappa shape index (κ2) is 5.58. The van der Waals surface area contributed by atoms with Gasteiger partial charge in [0.25, 0.3) is 0 Å². The van der Waals surface area contributed by atoms with Gasteiger partial charge in [-0.3, -0.25) is 0 Å². The van der Waals surface area contributed by atoms with Crippen LogP contribution in [-0.2, 0) is 0 Å². The normalized spacial score (nSPS) is 10.4. The summed E-state index contributed by atoms with van der Waals surface area (Å²) in [5.41, 5.74) is 0.890. The van der Waals surface area contributed by atoms with Crippen molar-refractivity contribution < 1.29 is 13.9 Å². The minimum Gasteiger partial charge on any atom is -0.494 e. The van der Waals surface area contributed by atoms with Crippen LogP contribution in [0.1, 0.15) is 19.7 Å². The van der Waals surface area contributed by atoms with E-state index in [0.29, 0.717) is 24.9 Å². The van der Waals surface area contributed by atoms with Crippen molar-refractivity contribution in [2.24, 2.45) is 0 Å². The number of ether oxygens (including phenoxy) is 2. The molecule has 0 aliphatic heterocycles. The molecule has 1 aromatic carbocycles. The van der Waals surface area contributed by atoms with Crippen LogP contribution in [0.2, 0.25) is 0 Å². The third kappa shape index (κ3) is 2.64. The summed E-state index contributed by atoms with van der Waals surface area (Å²) in [5.74, 6) is 2.89. The smallest absolute Gasteiger partial charge is 0.191 e. The molecule has 96 valence electrons. The maximum atomic E-state index is 5.62. The highest BCUT2D eigenvalue weighted by Gasteiger charge is 2.11. The Morgan fingerprint density at radius 2 is 1.94 bits per heavy atom. The summed E-state index contributed by atoms with van der Waals surface area (Å²) in [5, 5.41) is 0. The third-order valence-electron chi connectivity index (χ3n) is 2.45. The van der Waals surface area contributed by atoms with Crippen molar-refractivity contribution in [3.8, 4) is 22.8 Å². The molecule has 0 atom stereocenters. The summed E-state index contributed by atoms with van der Waals surface area (Å²) in [6, 6.07) is 5.70. The Hall–Kier alpha value is -1.97. The van der Waals surface area contributed by atoms with Crippen LogP contribution in [0.15, 0.2) is 28.8 Å². The number of rotatable bonds is 5. The highest BCUT2D eigenvalue weighted by atomic mass is 16.5. The van der Waals surface area contributed by atoms with Crippen molar-refractivity contribution >= 4 is 0 Å². The van der Waals surface area contributed by atoms with Crippen LogP contribution in [0.5, 0.6) is 11.5 Å². The molecule has 4 heteroatoms. The molecule has 1 heterocycles. The Morgan fingerprint density at radius 3 is 2.56 bits per heavy atom. The molecule has 0 radical (unpaired) electrons. The molecule has 2 rings (SSSR count). The van der Waals surface area contributed by atoms with Gasteiger partial charge in [0.15, 0.2) is 11.7 Å². The molecule has 0 saturated heterocycles. The van der Waals surface area contributed by atoms with E-state index in [1.165, 1.54) is 0 Å². The molecule has 1 aromatic heterocycles. The van der Waals surface area contributed by atoms with E-state index in [1.807, 2.05) is 39.0 Å². The SMILES string of the molecule is CCOc1ccc(-c2cnc(C)o2)c(OCC)c1. The molecule has 18 heavy (non-hydrogen) atoms. The van der Waals surface area contributed by atoms with E-state index in [0.717, 1.165) is 17.1 Å². The average molecular weight is 247 g/mol. The van der Waals surface area contributed by atoms with Crippen molar-refractivity contribution in [3.63, 3.8) is 0 Å². The van der Waals surface area contributed by atoms with E-state index in [-0.39, 0.29) is 0 Å². The summed E-state index contributed by atoms with van der Waals surface area (Å²) in [4.78, 5) is 4.10. The Bertz CT molecular complexity index is 520. The lowest BCUT2D eigenvalue weighted by atomic mass is 10.1. The second-order valence-corrected chi connectivity index (χ2v) is 3.77. The van der Waals surface area contributed by atoms with Crippen LogP contribution in [0, 0.1) is 6.92 Å². The second-order valence-electron chi connectivity index (χ2n) is 3.77. The van der Waals surface area contributed by atoms with Gasteiger partial charge in [-0.1, -0.05) is 0 Å².